The standard InChI is InChI=1S/C13H18O2/c1-3-6-10-7-5-8-11(9-10)12(4-2)13(14)15/h5,7-9,12H,3-4,6H2,1-2H3,(H,14,15). The molecule has 0 heterocycles. The SMILES string of the molecule is CCCc1cccc(C(CC)C(=O)O)c1. The third-order valence-corrected chi connectivity index (χ3v) is 2.60. The quantitative estimate of drug-likeness (QED) is 0.803. The first-order valence-electron chi connectivity index (χ1n) is 5.50. The lowest BCUT2D eigenvalue weighted by atomic mass is 9.94. The lowest BCUT2D eigenvalue weighted by Crippen LogP contribution is -2.10. The Morgan fingerprint density at radius 3 is 2.67 bits per heavy atom. The Bertz CT molecular complexity index is 331. The van der Waals surface area contributed by atoms with E-state index in [1.165, 1.54) is 5.56 Å². The number of rotatable bonds is 5. The Labute approximate surface area is 90.9 Å². The molecule has 1 atom stereocenters. The zero-order valence-electron chi connectivity index (χ0n) is 9.36. The van der Waals surface area contributed by atoms with Crippen LogP contribution in [0.2, 0.25) is 0 Å². The molecule has 1 aromatic rings. The van der Waals surface area contributed by atoms with Crippen LogP contribution in [0, 0.1) is 0 Å². The molecule has 1 aromatic carbocycles. The first-order chi connectivity index (χ1) is 7.19. The van der Waals surface area contributed by atoms with E-state index in [9.17, 15) is 4.79 Å². The first kappa shape index (κ1) is 11.8. The second-order valence-electron chi connectivity index (χ2n) is 3.79. The average Bonchev–Trinajstić information content (AvgIpc) is 2.19. The molecule has 1 unspecified atom stereocenters. The van der Waals surface area contributed by atoms with Crippen molar-refractivity contribution in [3.63, 3.8) is 0 Å². The van der Waals surface area contributed by atoms with Crippen molar-refractivity contribution in [2.75, 3.05) is 0 Å². The highest BCUT2D eigenvalue weighted by Gasteiger charge is 2.17. The van der Waals surface area contributed by atoms with Crippen LogP contribution in [0.25, 0.3) is 0 Å². The summed E-state index contributed by atoms with van der Waals surface area (Å²) in [6.45, 7) is 4.03. The van der Waals surface area contributed by atoms with Crippen molar-refractivity contribution in [1.82, 2.24) is 0 Å². The predicted molar refractivity (Wildman–Crippen MR) is 61.1 cm³/mol. The number of aryl methyl sites for hydroxylation is 1. The van der Waals surface area contributed by atoms with Crippen LogP contribution in [0.1, 0.15) is 43.7 Å². The van der Waals surface area contributed by atoms with Crippen LogP contribution in [-0.2, 0) is 11.2 Å². The van der Waals surface area contributed by atoms with Crippen molar-refractivity contribution in [3.8, 4) is 0 Å². The Kier molecular flexibility index (Phi) is 4.35. The van der Waals surface area contributed by atoms with Gasteiger partial charge in [-0.3, -0.25) is 4.79 Å². The van der Waals surface area contributed by atoms with Crippen LogP contribution in [0.15, 0.2) is 24.3 Å². The van der Waals surface area contributed by atoms with Crippen molar-refractivity contribution in [2.24, 2.45) is 0 Å². The molecule has 0 aliphatic heterocycles. The van der Waals surface area contributed by atoms with E-state index < -0.39 is 5.97 Å². The minimum absolute atomic E-state index is 0.359. The average molecular weight is 206 g/mol. The maximum Gasteiger partial charge on any atom is 0.310 e. The second kappa shape index (κ2) is 5.54. The van der Waals surface area contributed by atoms with E-state index in [4.69, 9.17) is 5.11 Å². The predicted octanol–water partition coefficient (Wildman–Crippen LogP) is 3.22. The fraction of sp³-hybridized carbons (Fsp3) is 0.462. The molecule has 0 spiro atoms. The van der Waals surface area contributed by atoms with E-state index in [2.05, 4.69) is 13.0 Å². The molecule has 0 amide bonds. The van der Waals surface area contributed by atoms with Crippen LogP contribution in [0.5, 0.6) is 0 Å². The summed E-state index contributed by atoms with van der Waals surface area (Å²) >= 11 is 0. The highest BCUT2D eigenvalue weighted by atomic mass is 16.4. The summed E-state index contributed by atoms with van der Waals surface area (Å²) < 4.78 is 0. The van der Waals surface area contributed by atoms with E-state index in [1.54, 1.807) is 0 Å². The van der Waals surface area contributed by atoms with Crippen LogP contribution in [-0.4, -0.2) is 11.1 Å². The zero-order chi connectivity index (χ0) is 11.3. The van der Waals surface area contributed by atoms with Gasteiger partial charge in [-0.15, -0.1) is 0 Å². The largest absolute Gasteiger partial charge is 0.481 e. The molecule has 0 aliphatic rings. The summed E-state index contributed by atoms with van der Waals surface area (Å²) in [6, 6.07) is 7.93. The Morgan fingerprint density at radius 1 is 1.40 bits per heavy atom. The van der Waals surface area contributed by atoms with Crippen molar-refractivity contribution < 1.29 is 9.90 Å². The van der Waals surface area contributed by atoms with Crippen molar-refractivity contribution >= 4 is 5.97 Å². The molecule has 2 heteroatoms. The normalized spacial score (nSPS) is 12.4. The Balaban J connectivity index is 2.92. The molecule has 0 aliphatic carbocycles. The summed E-state index contributed by atoms with van der Waals surface area (Å²) in [7, 11) is 0. The number of benzene rings is 1. The number of carboxylic acids is 1. The summed E-state index contributed by atoms with van der Waals surface area (Å²) in [4.78, 5) is 11.0. The van der Waals surface area contributed by atoms with Gasteiger partial charge in [0, 0.05) is 0 Å². The molecular weight excluding hydrogens is 188 g/mol. The fourth-order valence-corrected chi connectivity index (χ4v) is 1.81. The van der Waals surface area contributed by atoms with Gasteiger partial charge in [-0.1, -0.05) is 44.5 Å². The third kappa shape index (κ3) is 3.08. The molecule has 0 bridgehead atoms. The number of hydrogen-bond donors (Lipinski definition) is 1. The zero-order valence-corrected chi connectivity index (χ0v) is 9.36. The molecule has 1 N–H and O–H groups in total. The van der Waals surface area contributed by atoms with Crippen LogP contribution in [0.3, 0.4) is 0 Å². The molecule has 82 valence electrons. The van der Waals surface area contributed by atoms with Gasteiger partial charge < -0.3 is 5.11 Å². The van der Waals surface area contributed by atoms with Crippen LogP contribution in [0.4, 0.5) is 0 Å². The minimum atomic E-state index is -0.730. The molecule has 0 aromatic heterocycles. The Hall–Kier alpha value is -1.31. The third-order valence-electron chi connectivity index (χ3n) is 2.60. The van der Waals surface area contributed by atoms with E-state index in [1.807, 2.05) is 25.1 Å². The fourth-order valence-electron chi connectivity index (χ4n) is 1.81. The highest BCUT2D eigenvalue weighted by molar-refractivity contribution is 5.76. The van der Waals surface area contributed by atoms with Crippen LogP contribution >= 0.6 is 0 Å². The van der Waals surface area contributed by atoms with Gasteiger partial charge in [0.25, 0.3) is 0 Å². The molecule has 1 rings (SSSR count). The van der Waals surface area contributed by atoms with Crippen LogP contribution < -0.4 is 0 Å². The molecule has 0 fully saturated rings. The maximum absolute atomic E-state index is 11.0. The molecule has 0 saturated carbocycles. The summed E-state index contributed by atoms with van der Waals surface area (Å²) in [5.74, 6) is -1.09. The van der Waals surface area contributed by atoms with E-state index in [-0.39, 0.29) is 5.92 Å². The molecular formula is C13H18O2. The van der Waals surface area contributed by atoms with Gasteiger partial charge in [0.1, 0.15) is 0 Å². The minimum Gasteiger partial charge on any atom is -0.481 e. The molecule has 0 saturated heterocycles. The second-order valence-corrected chi connectivity index (χ2v) is 3.79. The van der Waals surface area contributed by atoms with Crippen molar-refractivity contribution in [1.29, 1.82) is 0 Å². The number of aliphatic carboxylic acids is 1. The molecule has 0 radical (unpaired) electrons. The summed E-state index contributed by atoms with van der Waals surface area (Å²) in [5, 5.41) is 9.05. The van der Waals surface area contributed by atoms with Gasteiger partial charge in [-0.25, -0.2) is 0 Å². The van der Waals surface area contributed by atoms with E-state index in [0.717, 1.165) is 18.4 Å². The monoisotopic (exact) mass is 206 g/mol. The lowest BCUT2D eigenvalue weighted by Gasteiger charge is -2.11. The van der Waals surface area contributed by atoms with Gasteiger partial charge in [0.15, 0.2) is 0 Å². The molecule has 15 heavy (non-hydrogen) atoms. The van der Waals surface area contributed by atoms with Crippen molar-refractivity contribution in [3.05, 3.63) is 35.4 Å². The number of carbonyl (C=O) groups is 1. The summed E-state index contributed by atoms with van der Waals surface area (Å²) in [6.07, 6.45) is 2.75. The first-order valence-corrected chi connectivity index (χ1v) is 5.50. The number of hydrogen-bond acceptors (Lipinski definition) is 1. The van der Waals surface area contributed by atoms with Gasteiger partial charge in [0.2, 0.25) is 0 Å². The van der Waals surface area contributed by atoms with Gasteiger partial charge >= 0.3 is 5.97 Å². The van der Waals surface area contributed by atoms with Gasteiger partial charge in [0.05, 0.1) is 5.92 Å². The number of carboxylic acid groups (broad SMARTS) is 1. The lowest BCUT2D eigenvalue weighted by molar-refractivity contribution is -0.138. The van der Waals surface area contributed by atoms with E-state index >= 15 is 0 Å². The van der Waals surface area contributed by atoms with Gasteiger partial charge in [-0.05, 0) is 24.0 Å². The highest BCUT2D eigenvalue weighted by Crippen LogP contribution is 2.21. The Morgan fingerprint density at radius 2 is 2.13 bits per heavy atom. The topological polar surface area (TPSA) is 37.3 Å². The maximum atomic E-state index is 11.0. The van der Waals surface area contributed by atoms with E-state index in [0.29, 0.717) is 6.42 Å². The molecule has 2 nitrogen and oxygen atoms in total. The van der Waals surface area contributed by atoms with Crippen molar-refractivity contribution in [2.45, 2.75) is 39.0 Å². The summed E-state index contributed by atoms with van der Waals surface area (Å²) in [5.41, 5.74) is 2.16. The van der Waals surface area contributed by atoms with Gasteiger partial charge in [-0.2, -0.15) is 0 Å². The smallest absolute Gasteiger partial charge is 0.310 e.